The van der Waals surface area contributed by atoms with Crippen LogP contribution in [0.3, 0.4) is 0 Å². The van der Waals surface area contributed by atoms with Crippen LogP contribution >= 0.6 is 12.2 Å². The minimum atomic E-state index is -0.345. The third kappa shape index (κ3) is 15.7. The predicted molar refractivity (Wildman–Crippen MR) is 41.0 cm³/mol. The summed E-state index contributed by atoms with van der Waals surface area (Å²) in [6, 6.07) is 0. The number of nitrogens with two attached hydrogens (primary N) is 1. The lowest BCUT2D eigenvalue weighted by molar-refractivity contribution is -0.141. The number of carbonyl (C=O) groups excluding carboxylic acids is 1. The molecular formula is C5H10N2O2S. The molecule has 58 valence electrons. The molecule has 0 spiro atoms. The molecule has 0 bridgehead atoms. The molecule has 3 N–H and O–H groups in total. The maximum atomic E-state index is 10.1. The highest BCUT2D eigenvalue weighted by atomic mass is 32.1. The van der Waals surface area contributed by atoms with Gasteiger partial charge in [-0.25, -0.2) is 5.41 Å². The molecule has 0 aliphatic carbocycles. The van der Waals surface area contributed by atoms with Gasteiger partial charge in [-0.3, -0.25) is 4.79 Å². The highest BCUT2D eigenvalue weighted by Crippen LogP contribution is 1.69. The zero-order chi connectivity index (χ0) is 8.41. The second-order valence-corrected chi connectivity index (χ2v) is 1.32. The first-order valence-corrected chi connectivity index (χ1v) is 3.03. The molecule has 0 amide bonds. The molecule has 0 saturated carbocycles. The summed E-state index contributed by atoms with van der Waals surface area (Å²) in [5.41, 5.74) is 4.88. The van der Waals surface area contributed by atoms with Crippen molar-refractivity contribution in [2.24, 2.45) is 5.73 Å². The summed E-state index contributed by atoms with van der Waals surface area (Å²) >= 11 is 3.81. The van der Waals surface area contributed by atoms with E-state index in [2.05, 4.69) is 17.0 Å². The molecule has 0 saturated heterocycles. The van der Waals surface area contributed by atoms with Gasteiger partial charge in [0.2, 0.25) is 0 Å². The Hall–Kier alpha value is -0.770. The van der Waals surface area contributed by atoms with Crippen molar-refractivity contribution in [2.75, 3.05) is 13.2 Å². The topological polar surface area (TPSA) is 76.2 Å². The molecule has 5 heteroatoms. The Morgan fingerprint density at radius 3 is 2.40 bits per heavy atom. The molecular weight excluding hydrogens is 152 g/mol. The summed E-state index contributed by atoms with van der Waals surface area (Å²) in [7, 11) is 0. The van der Waals surface area contributed by atoms with Crippen LogP contribution in [0.2, 0.25) is 0 Å². The molecule has 0 aromatic heterocycles. The quantitative estimate of drug-likeness (QED) is 0.345. The first-order valence-electron chi connectivity index (χ1n) is 2.62. The van der Waals surface area contributed by atoms with E-state index >= 15 is 0 Å². The van der Waals surface area contributed by atoms with E-state index in [0.717, 1.165) is 0 Å². The lowest BCUT2D eigenvalue weighted by atomic mass is 10.7. The minimum Gasteiger partial charge on any atom is -0.465 e. The van der Waals surface area contributed by atoms with E-state index in [4.69, 9.17) is 11.1 Å². The summed E-state index contributed by atoms with van der Waals surface area (Å²) in [5.74, 6) is -0.345. The normalized spacial score (nSPS) is 6.60. The van der Waals surface area contributed by atoms with Gasteiger partial charge in [0.25, 0.3) is 0 Å². The van der Waals surface area contributed by atoms with Gasteiger partial charge in [0.1, 0.15) is 0 Å². The summed E-state index contributed by atoms with van der Waals surface area (Å²) in [5, 5.41) is 7.36. The maximum Gasteiger partial charge on any atom is 0.319 e. The number of ether oxygens (including phenoxy) is 1. The molecule has 0 unspecified atom stereocenters. The van der Waals surface area contributed by atoms with Gasteiger partial charge in [-0.2, -0.15) is 0 Å². The van der Waals surface area contributed by atoms with Crippen molar-refractivity contribution in [3.8, 4) is 0 Å². The predicted octanol–water partition coefficient (Wildman–Crippen LogP) is 0.176. The molecule has 0 aliphatic rings. The Kier molecular flexibility index (Phi) is 13.3. The van der Waals surface area contributed by atoms with Crippen LogP contribution < -0.4 is 5.73 Å². The van der Waals surface area contributed by atoms with Crippen molar-refractivity contribution in [3.63, 3.8) is 0 Å². The third-order valence-electron chi connectivity index (χ3n) is 0.472. The number of isothiocyanates is 1. The fraction of sp³-hybridized carbons (Fsp3) is 0.600. The number of rotatable bonds is 2. The third-order valence-corrected chi connectivity index (χ3v) is 0.472. The van der Waals surface area contributed by atoms with Gasteiger partial charge in [0.15, 0.2) is 0 Å². The summed E-state index contributed by atoms with van der Waals surface area (Å²) in [6.07, 6.45) is 0. The zero-order valence-corrected chi connectivity index (χ0v) is 6.53. The molecule has 0 radical (unpaired) electrons. The smallest absolute Gasteiger partial charge is 0.319 e. The summed E-state index contributed by atoms with van der Waals surface area (Å²) < 4.78 is 4.43. The Morgan fingerprint density at radius 2 is 2.30 bits per heavy atom. The van der Waals surface area contributed by atoms with Crippen LogP contribution in [0.1, 0.15) is 6.92 Å². The highest BCUT2D eigenvalue weighted by molar-refractivity contribution is 7.78. The molecule has 0 heterocycles. The number of hydrogen-bond donors (Lipinski definition) is 2. The van der Waals surface area contributed by atoms with Gasteiger partial charge in [-0.1, -0.05) is 0 Å². The molecule has 4 nitrogen and oxygen atoms in total. The Bertz CT molecular complexity index is 121. The van der Waals surface area contributed by atoms with Crippen molar-refractivity contribution in [3.05, 3.63) is 0 Å². The van der Waals surface area contributed by atoms with Crippen LogP contribution in [0.15, 0.2) is 0 Å². The molecule has 0 aliphatic heterocycles. The van der Waals surface area contributed by atoms with E-state index in [1.165, 1.54) is 0 Å². The van der Waals surface area contributed by atoms with Gasteiger partial charge in [0.05, 0.1) is 18.3 Å². The lowest BCUT2D eigenvalue weighted by Gasteiger charge is -1.93. The molecule has 0 fully saturated rings. The van der Waals surface area contributed by atoms with Gasteiger partial charge < -0.3 is 10.5 Å². The van der Waals surface area contributed by atoms with Crippen molar-refractivity contribution in [1.82, 2.24) is 0 Å². The average Bonchev–Trinajstić information content (AvgIpc) is 1.90. The maximum absolute atomic E-state index is 10.1. The second-order valence-electron chi connectivity index (χ2n) is 1.11. The van der Waals surface area contributed by atoms with E-state index in [0.29, 0.717) is 6.61 Å². The number of esters is 1. The summed E-state index contributed by atoms with van der Waals surface area (Å²) in [6.45, 7) is 2.14. The van der Waals surface area contributed by atoms with Crippen LogP contribution in [-0.4, -0.2) is 24.3 Å². The number of carbonyl (C=O) groups is 1. The zero-order valence-electron chi connectivity index (χ0n) is 5.72. The number of thiocarbonyl (C=S) groups is 1. The van der Waals surface area contributed by atoms with Gasteiger partial charge in [0, 0.05) is 0 Å². The molecule has 0 atom stereocenters. The fourth-order valence-electron chi connectivity index (χ4n) is 0.220. The van der Waals surface area contributed by atoms with Gasteiger partial charge in [-0.05, 0) is 19.1 Å². The molecule has 0 aromatic rings. The monoisotopic (exact) mass is 162 g/mol. The van der Waals surface area contributed by atoms with Crippen LogP contribution in [-0.2, 0) is 9.53 Å². The van der Waals surface area contributed by atoms with Crippen molar-refractivity contribution >= 4 is 23.3 Å². The SMILES string of the molecule is CCOC(=O)CN.N=C=S. The Balaban J connectivity index is 0. The molecule has 10 heavy (non-hydrogen) atoms. The first-order chi connectivity index (χ1) is 4.72. The van der Waals surface area contributed by atoms with Crippen LogP contribution in [0, 0.1) is 5.41 Å². The molecule has 0 rings (SSSR count). The van der Waals surface area contributed by atoms with E-state index in [-0.39, 0.29) is 12.5 Å². The highest BCUT2D eigenvalue weighted by Gasteiger charge is 1.91. The standard InChI is InChI=1S/C4H9NO2.CHNS/c1-2-7-4(6)3-5;2-1-3/h2-3,5H2,1H3;2H. The Morgan fingerprint density at radius 1 is 1.90 bits per heavy atom. The summed E-state index contributed by atoms with van der Waals surface area (Å²) in [4.78, 5) is 10.1. The first kappa shape index (κ1) is 12.0. The van der Waals surface area contributed by atoms with Crippen LogP contribution in [0.5, 0.6) is 0 Å². The van der Waals surface area contributed by atoms with Gasteiger partial charge >= 0.3 is 5.97 Å². The Labute approximate surface area is 64.9 Å². The van der Waals surface area contributed by atoms with Crippen LogP contribution in [0.25, 0.3) is 0 Å². The van der Waals surface area contributed by atoms with Crippen molar-refractivity contribution in [1.29, 1.82) is 5.41 Å². The van der Waals surface area contributed by atoms with Crippen LogP contribution in [0.4, 0.5) is 0 Å². The van der Waals surface area contributed by atoms with E-state index < -0.39 is 0 Å². The number of nitrogens with one attached hydrogen (secondary N) is 1. The lowest BCUT2D eigenvalue weighted by Crippen LogP contribution is -2.16. The van der Waals surface area contributed by atoms with E-state index in [9.17, 15) is 4.79 Å². The van der Waals surface area contributed by atoms with Crippen molar-refractivity contribution in [2.45, 2.75) is 6.92 Å². The number of hydrogen-bond acceptors (Lipinski definition) is 5. The second kappa shape index (κ2) is 11.1. The largest absolute Gasteiger partial charge is 0.465 e. The van der Waals surface area contributed by atoms with Gasteiger partial charge in [-0.15, -0.1) is 0 Å². The average molecular weight is 162 g/mol. The van der Waals surface area contributed by atoms with Crippen molar-refractivity contribution < 1.29 is 9.53 Å². The van der Waals surface area contributed by atoms with E-state index in [1.54, 1.807) is 12.1 Å². The van der Waals surface area contributed by atoms with E-state index in [1.807, 2.05) is 0 Å². The minimum absolute atomic E-state index is 0.0200. The fourth-order valence-corrected chi connectivity index (χ4v) is 0.220. The molecule has 0 aromatic carbocycles.